The fourth-order valence-corrected chi connectivity index (χ4v) is 7.93. The molecule has 1 aromatic heterocycles. The first-order valence-electron chi connectivity index (χ1n) is 11.3. The number of sulfonamides is 1. The summed E-state index contributed by atoms with van der Waals surface area (Å²) in [5.74, 6) is 2.21. The first kappa shape index (κ1) is 21.7. The molecule has 170 valence electrons. The molecule has 1 heterocycles. The lowest BCUT2D eigenvalue weighted by molar-refractivity contribution is -0.116. The number of amides is 1. The van der Waals surface area contributed by atoms with Crippen LogP contribution in [-0.4, -0.2) is 31.1 Å². The fourth-order valence-electron chi connectivity index (χ4n) is 6.13. The molecular weight excluding hydrogens is 444 g/mol. The van der Waals surface area contributed by atoms with Crippen molar-refractivity contribution in [2.24, 2.45) is 17.8 Å². The summed E-state index contributed by atoms with van der Waals surface area (Å²) in [6, 6.07) is 9.18. The molecule has 4 aliphatic carbocycles. The van der Waals surface area contributed by atoms with Gasteiger partial charge in [-0.1, -0.05) is 41.7 Å². The van der Waals surface area contributed by atoms with Crippen molar-refractivity contribution in [3.63, 3.8) is 0 Å². The van der Waals surface area contributed by atoms with Crippen LogP contribution >= 0.6 is 11.3 Å². The highest BCUT2D eigenvalue weighted by Gasteiger charge is 2.53. The first-order chi connectivity index (χ1) is 15.4. The average Bonchev–Trinajstić information content (AvgIpc) is 3.21. The van der Waals surface area contributed by atoms with Crippen molar-refractivity contribution in [3.8, 4) is 0 Å². The van der Waals surface area contributed by atoms with E-state index in [0.717, 1.165) is 33.7 Å². The van der Waals surface area contributed by atoms with Gasteiger partial charge in [-0.05, 0) is 67.9 Å². The molecule has 32 heavy (non-hydrogen) atoms. The van der Waals surface area contributed by atoms with Gasteiger partial charge in [0, 0.05) is 23.8 Å². The molecule has 0 aliphatic heterocycles. The average molecular weight is 473 g/mol. The molecule has 0 radical (unpaired) electrons. The largest absolute Gasteiger partial charge is 0.300 e. The van der Waals surface area contributed by atoms with E-state index in [9.17, 15) is 13.2 Å². The Morgan fingerprint density at radius 1 is 1.06 bits per heavy atom. The zero-order valence-corrected chi connectivity index (χ0v) is 19.5. The fraction of sp³-hybridized carbons (Fsp3) is 0.522. The van der Waals surface area contributed by atoms with Gasteiger partial charge in [-0.15, -0.1) is 10.2 Å². The summed E-state index contributed by atoms with van der Waals surface area (Å²) in [7, 11) is -3.61. The summed E-state index contributed by atoms with van der Waals surface area (Å²) in [5.41, 5.74) is 0.956. The van der Waals surface area contributed by atoms with E-state index in [1.165, 1.54) is 55.9 Å². The quantitative estimate of drug-likeness (QED) is 0.606. The Hall–Kier alpha value is -2.10. The second kappa shape index (κ2) is 8.68. The van der Waals surface area contributed by atoms with Crippen molar-refractivity contribution >= 4 is 38.5 Å². The van der Waals surface area contributed by atoms with Crippen molar-refractivity contribution in [2.45, 2.75) is 50.4 Å². The molecule has 2 aromatic rings. The summed E-state index contributed by atoms with van der Waals surface area (Å²) < 4.78 is 26.6. The number of hydrogen-bond donors (Lipinski definition) is 2. The molecule has 0 atom stereocenters. The first-order valence-corrected chi connectivity index (χ1v) is 13.6. The van der Waals surface area contributed by atoms with E-state index < -0.39 is 10.0 Å². The molecule has 9 heteroatoms. The highest BCUT2D eigenvalue weighted by atomic mass is 32.2. The van der Waals surface area contributed by atoms with Crippen molar-refractivity contribution in [3.05, 3.63) is 46.3 Å². The lowest BCUT2D eigenvalue weighted by Crippen LogP contribution is -2.48. The predicted octanol–water partition coefficient (Wildman–Crippen LogP) is 3.92. The van der Waals surface area contributed by atoms with Gasteiger partial charge in [-0.25, -0.2) is 13.1 Å². The highest BCUT2D eigenvalue weighted by molar-refractivity contribution is 7.92. The molecule has 1 amide bonds. The van der Waals surface area contributed by atoms with Crippen molar-refractivity contribution in [1.29, 1.82) is 0 Å². The summed E-state index contributed by atoms with van der Waals surface area (Å²) in [6.45, 7) is 0.0218. The molecule has 0 spiro atoms. The van der Waals surface area contributed by atoms with E-state index in [-0.39, 0.29) is 24.3 Å². The van der Waals surface area contributed by atoms with Gasteiger partial charge in [-0.2, -0.15) is 0 Å². The number of nitrogens with one attached hydrogen (secondary N) is 2. The number of anilines is 1. The number of hydrogen-bond acceptors (Lipinski definition) is 6. The second-order valence-electron chi connectivity index (χ2n) is 9.56. The van der Waals surface area contributed by atoms with E-state index in [2.05, 4.69) is 20.2 Å². The van der Waals surface area contributed by atoms with Gasteiger partial charge in [0.1, 0.15) is 5.01 Å². The molecule has 7 nitrogen and oxygen atoms in total. The molecule has 4 saturated carbocycles. The summed E-state index contributed by atoms with van der Waals surface area (Å²) in [5, 5.41) is 14.2. The topological polar surface area (TPSA) is 101 Å². The van der Waals surface area contributed by atoms with E-state index in [0.29, 0.717) is 5.13 Å². The third-order valence-electron chi connectivity index (χ3n) is 7.06. The summed E-state index contributed by atoms with van der Waals surface area (Å²) in [4.78, 5) is 12.3. The predicted molar refractivity (Wildman–Crippen MR) is 125 cm³/mol. The van der Waals surface area contributed by atoms with Crippen LogP contribution in [0.5, 0.6) is 0 Å². The number of rotatable bonds is 8. The van der Waals surface area contributed by atoms with E-state index in [1.807, 2.05) is 30.3 Å². The Balaban J connectivity index is 1.12. The zero-order chi connectivity index (χ0) is 22.2. The van der Waals surface area contributed by atoms with Crippen LogP contribution in [0.15, 0.2) is 35.7 Å². The molecule has 4 aliphatic rings. The van der Waals surface area contributed by atoms with Gasteiger partial charge in [0.25, 0.3) is 0 Å². The Kier molecular flexibility index (Phi) is 5.90. The smallest absolute Gasteiger partial charge is 0.233 e. The van der Waals surface area contributed by atoms with Crippen molar-refractivity contribution in [2.75, 3.05) is 11.9 Å². The van der Waals surface area contributed by atoms with Gasteiger partial charge in [0.05, 0.1) is 0 Å². The Bertz CT molecular complexity index is 1080. The van der Waals surface area contributed by atoms with Crippen LogP contribution in [-0.2, 0) is 20.2 Å². The van der Waals surface area contributed by atoms with Crippen LogP contribution in [0.25, 0.3) is 6.08 Å². The minimum atomic E-state index is -3.61. The molecule has 4 bridgehead atoms. The van der Waals surface area contributed by atoms with Gasteiger partial charge < -0.3 is 5.32 Å². The minimum Gasteiger partial charge on any atom is -0.300 e. The van der Waals surface area contributed by atoms with Crippen LogP contribution in [0.4, 0.5) is 5.13 Å². The maximum Gasteiger partial charge on any atom is 0.233 e. The van der Waals surface area contributed by atoms with Gasteiger partial charge in [-0.3, -0.25) is 4.79 Å². The van der Waals surface area contributed by atoms with Crippen LogP contribution in [0.1, 0.15) is 55.5 Å². The third kappa shape index (κ3) is 4.79. The maximum absolute atomic E-state index is 12.3. The van der Waals surface area contributed by atoms with Crippen LogP contribution in [0.2, 0.25) is 0 Å². The number of carbonyl (C=O) groups is 1. The van der Waals surface area contributed by atoms with Crippen LogP contribution in [0, 0.1) is 17.8 Å². The van der Waals surface area contributed by atoms with Crippen molar-refractivity contribution < 1.29 is 13.2 Å². The molecule has 4 fully saturated rings. The number of carbonyl (C=O) groups excluding carboxylic acids is 1. The van der Waals surface area contributed by atoms with Gasteiger partial charge in [0.15, 0.2) is 0 Å². The highest BCUT2D eigenvalue weighted by Crippen LogP contribution is 2.61. The van der Waals surface area contributed by atoms with Gasteiger partial charge in [0.2, 0.25) is 21.1 Å². The lowest BCUT2D eigenvalue weighted by Gasteiger charge is -2.55. The van der Waals surface area contributed by atoms with Crippen LogP contribution in [0.3, 0.4) is 0 Å². The summed E-state index contributed by atoms with van der Waals surface area (Å²) in [6.07, 6.45) is 9.30. The second-order valence-corrected chi connectivity index (χ2v) is 12.2. The maximum atomic E-state index is 12.3. The van der Waals surface area contributed by atoms with E-state index in [4.69, 9.17) is 0 Å². The standard InChI is InChI=1S/C23H28N4O3S2/c28-20(6-8-24-32(29,30)9-7-16-4-2-1-3-5-16)25-22-27-26-21(31-22)23-13-17-10-18(14-23)12-19(11-17)15-23/h1-5,7,9,17-19,24H,6,8,10-15H2,(H,25,27,28)/b9-7+. The van der Waals surface area contributed by atoms with E-state index in [1.54, 1.807) is 0 Å². The monoisotopic (exact) mass is 472 g/mol. The Morgan fingerprint density at radius 2 is 1.72 bits per heavy atom. The normalized spacial score (nSPS) is 28.9. The number of benzene rings is 1. The Morgan fingerprint density at radius 3 is 2.38 bits per heavy atom. The lowest BCUT2D eigenvalue weighted by atomic mass is 9.50. The van der Waals surface area contributed by atoms with E-state index >= 15 is 0 Å². The van der Waals surface area contributed by atoms with Crippen LogP contribution < -0.4 is 10.0 Å². The summed E-state index contributed by atoms with van der Waals surface area (Å²) >= 11 is 1.49. The number of aromatic nitrogens is 2. The Labute approximate surface area is 192 Å². The third-order valence-corrected chi connectivity index (χ3v) is 9.24. The van der Waals surface area contributed by atoms with Crippen molar-refractivity contribution in [1.82, 2.24) is 14.9 Å². The molecule has 2 N–H and O–H groups in total. The molecule has 0 unspecified atom stereocenters. The molecule has 0 saturated heterocycles. The molecule has 6 rings (SSSR count). The molecule has 1 aromatic carbocycles. The van der Waals surface area contributed by atoms with Gasteiger partial charge >= 0.3 is 0 Å². The number of nitrogens with zero attached hydrogens (tertiary/aromatic N) is 2. The SMILES string of the molecule is O=C(CCNS(=O)(=O)/C=C/c1ccccc1)Nc1nnc(C23CC4CC(CC(C4)C2)C3)s1. The minimum absolute atomic E-state index is 0.0218. The zero-order valence-electron chi connectivity index (χ0n) is 17.9. The molecular formula is C23H28N4O3S2.